The van der Waals surface area contributed by atoms with Crippen molar-refractivity contribution in [3.63, 3.8) is 0 Å². The van der Waals surface area contributed by atoms with Crippen molar-refractivity contribution in [2.24, 2.45) is 5.92 Å². The molecule has 0 heterocycles. The maximum atomic E-state index is 13.1. The Labute approximate surface area is 568 Å². The first kappa shape index (κ1) is 91.1. The number of phosphoric acid groups is 2. The summed E-state index contributed by atoms with van der Waals surface area (Å²) in [6, 6.07) is 0. The Bertz CT molecular complexity index is 1790. The standard InChI is InChI=1S/C74H144O17P2/c1-6-9-12-15-17-19-21-22-23-24-25-26-27-28-29-34-37-41-45-50-55-60-74(79)91-70(64-85-72(77)58-53-48-43-40-36-33-31-30-32-35-38-42-47-51-56-67(4)5)66-89-93(82,83)87-62-68(75)61-86-92(80,81)88-65-69(63-84-71(76)57-52-46-14-11-8-3)90-73(78)59-54-49-44-39-20-18-16-13-10-7-2/h67-70,75H,6-66H2,1-5H3,(H,80,81)(H,82,83)/t68-,69+,70+/m0/s1. The fourth-order valence-electron chi connectivity index (χ4n) is 11.4. The van der Waals surface area contributed by atoms with E-state index in [9.17, 15) is 43.2 Å². The molecule has 0 aliphatic heterocycles. The summed E-state index contributed by atoms with van der Waals surface area (Å²) in [4.78, 5) is 72.4. The molecule has 0 aromatic carbocycles. The molecule has 0 spiro atoms. The van der Waals surface area contributed by atoms with Crippen LogP contribution in [0.1, 0.15) is 388 Å². The lowest BCUT2D eigenvalue weighted by molar-refractivity contribution is -0.161. The van der Waals surface area contributed by atoms with Crippen molar-refractivity contribution >= 4 is 39.5 Å². The summed E-state index contributed by atoms with van der Waals surface area (Å²) in [5.41, 5.74) is 0. The summed E-state index contributed by atoms with van der Waals surface area (Å²) >= 11 is 0. The summed E-state index contributed by atoms with van der Waals surface area (Å²) in [7, 11) is -9.89. The van der Waals surface area contributed by atoms with Gasteiger partial charge in [0.05, 0.1) is 26.4 Å². The second-order valence-electron chi connectivity index (χ2n) is 27.2. The van der Waals surface area contributed by atoms with Crippen LogP contribution in [0.3, 0.4) is 0 Å². The molecule has 0 amide bonds. The van der Waals surface area contributed by atoms with E-state index in [1.807, 2.05) is 0 Å². The maximum Gasteiger partial charge on any atom is 0.472 e. The van der Waals surface area contributed by atoms with E-state index in [1.165, 1.54) is 205 Å². The van der Waals surface area contributed by atoms with E-state index in [0.29, 0.717) is 25.7 Å². The average Bonchev–Trinajstić information content (AvgIpc) is 3.01. The van der Waals surface area contributed by atoms with Gasteiger partial charge in [0.1, 0.15) is 19.3 Å². The van der Waals surface area contributed by atoms with Crippen LogP contribution >= 0.6 is 15.6 Å². The van der Waals surface area contributed by atoms with Gasteiger partial charge in [-0.15, -0.1) is 0 Å². The van der Waals surface area contributed by atoms with Crippen molar-refractivity contribution in [2.75, 3.05) is 39.6 Å². The maximum absolute atomic E-state index is 13.1. The number of aliphatic hydroxyl groups is 1. The van der Waals surface area contributed by atoms with Crippen LogP contribution in [-0.4, -0.2) is 96.7 Å². The van der Waals surface area contributed by atoms with Gasteiger partial charge in [0, 0.05) is 25.7 Å². The number of rotatable bonds is 74. The third kappa shape index (κ3) is 68.4. The van der Waals surface area contributed by atoms with Crippen LogP contribution in [0.15, 0.2) is 0 Å². The van der Waals surface area contributed by atoms with E-state index < -0.39 is 97.5 Å². The molecule has 93 heavy (non-hydrogen) atoms. The highest BCUT2D eigenvalue weighted by Gasteiger charge is 2.30. The summed E-state index contributed by atoms with van der Waals surface area (Å²) < 4.78 is 68.2. The second kappa shape index (κ2) is 67.3. The number of unbranched alkanes of at least 4 members (excludes halogenated alkanes) is 46. The fourth-order valence-corrected chi connectivity index (χ4v) is 12.9. The van der Waals surface area contributed by atoms with E-state index in [0.717, 1.165) is 102 Å². The Morgan fingerprint density at radius 1 is 0.290 bits per heavy atom. The van der Waals surface area contributed by atoms with Crippen molar-refractivity contribution < 1.29 is 80.2 Å². The Hall–Kier alpha value is -1.94. The first-order chi connectivity index (χ1) is 45.0. The Morgan fingerprint density at radius 2 is 0.495 bits per heavy atom. The molecule has 0 saturated carbocycles. The van der Waals surface area contributed by atoms with Crippen molar-refractivity contribution in [3.05, 3.63) is 0 Å². The lowest BCUT2D eigenvalue weighted by Crippen LogP contribution is -2.30. The molecule has 17 nitrogen and oxygen atoms in total. The molecule has 0 radical (unpaired) electrons. The third-order valence-electron chi connectivity index (χ3n) is 17.3. The van der Waals surface area contributed by atoms with Crippen molar-refractivity contribution in [3.8, 4) is 0 Å². The van der Waals surface area contributed by atoms with Gasteiger partial charge in [0.25, 0.3) is 0 Å². The van der Waals surface area contributed by atoms with E-state index in [2.05, 4.69) is 34.6 Å². The highest BCUT2D eigenvalue weighted by Crippen LogP contribution is 2.45. The summed E-state index contributed by atoms with van der Waals surface area (Å²) in [5.74, 6) is -1.33. The molecular weight excluding hydrogens is 1220 g/mol. The van der Waals surface area contributed by atoms with Gasteiger partial charge in [0.2, 0.25) is 0 Å². The van der Waals surface area contributed by atoms with Crippen molar-refractivity contribution in [1.29, 1.82) is 0 Å². The third-order valence-corrected chi connectivity index (χ3v) is 19.2. The SMILES string of the molecule is CCCCCCCCCCCCCCCCCCCCCCCC(=O)O[C@H](COC(=O)CCCCCCCCCCCCCCCCC(C)C)COP(=O)(O)OC[C@@H](O)COP(=O)(O)OC[C@@H](COC(=O)CCCCCCC)OC(=O)CCCCCCCCCCCC. The second-order valence-corrected chi connectivity index (χ2v) is 30.1. The van der Waals surface area contributed by atoms with Crippen LogP contribution in [0.25, 0.3) is 0 Å². The number of phosphoric ester groups is 2. The topological polar surface area (TPSA) is 237 Å². The minimum absolute atomic E-state index is 0.106. The number of esters is 4. The molecule has 552 valence electrons. The van der Waals surface area contributed by atoms with Crippen LogP contribution in [0.2, 0.25) is 0 Å². The first-order valence-electron chi connectivity index (χ1n) is 38.6. The first-order valence-corrected chi connectivity index (χ1v) is 41.6. The molecule has 0 saturated heterocycles. The molecule has 0 fully saturated rings. The minimum Gasteiger partial charge on any atom is -0.462 e. The van der Waals surface area contributed by atoms with Crippen molar-refractivity contribution in [1.82, 2.24) is 0 Å². The number of ether oxygens (including phenoxy) is 4. The lowest BCUT2D eigenvalue weighted by Gasteiger charge is -2.21. The molecule has 19 heteroatoms. The highest BCUT2D eigenvalue weighted by molar-refractivity contribution is 7.47. The van der Waals surface area contributed by atoms with Crippen LogP contribution in [0.4, 0.5) is 0 Å². The molecule has 3 N–H and O–H groups in total. The fraction of sp³-hybridized carbons (Fsp3) is 0.946. The van der Waals surface area contributed by atoms with Gasteiger partial charge in [-0.1, -0.05) is 336 Å². The largest absolute Gasteiger partial charge is 0.472 e. The van der Waals surface area contributed by atoms with Crippen LogP contribution in [-0.2, 0) is 65.4 Å². The zero-order valence-electron chi connectivity index (χ0n) is 60.4. The number of hydrogen-bond acceptors (Lipinski definition) is 15. The minimum atomic E-state index is -4.95. The summed E-state index contributed by atoms with van der Waals surface area (Å²) in [5, 5.41) is 10.6. The Kier molecular flexibility index (Phi) is 65.9. The zero-order valence-corrected chi connectivity index (χ0v) is 62.2. The smallest absolute Gasteiger partial charge is 0.462 e. The number of aliphatic hydroxyl groups excluding tert-OH is 1. The molecule has 0 aromatic heterocycles. The number of hydrogen-bond donors (Lipinski definition) is 3. The van der Waals surface area contributed by atoms with Gasteiger partial charge in [-0.05, 0) is 31.6 Å². The van der Waals surface area contributed by atoms with Gasteiger partial charge in [-0.25, -0.2) is 9.13 Å². The summed E-state index contributed by atoms with van der Waals surface area (Å²) in [6.07, 6.45) is 56.1. The number of carbonyl (C=O) groups is 4. The predicted octanol–water partition coefficient (Wildman–Crippen LogP) is 21.7. The van der Waals surface area contributed by atoms with E-state index in [1.54, 1.807) is 0 Å². The van der Waals surface area contributed by atoms with Gasteiger partial charge in [0.15, 0.2) is 12.2 Å². The molecular formula is C74H144O17P2. The van der Waals surface area contributed by atoms with Crippen LogP contribution < -0.4 is 0 Å². The molecule has 0 aliphatic carbocycles. The van der Waals surface area contributed by atoms with E-state index in [-0.39, 0.29) is 25.7 Å². The summed E-state index contributed by atoms with van der Waals surface area (Å²) in [6.45, 7) is 7.20. The van der Waals surface area contributed by atoms with Gasteiger partial charge >= 0.3 is 39.5 Å². The molecule has 0 bridgehead atoms. The van der Waals surface area contributed by atoms with Gasteiger partial charge in [-0.3, -0.25) is 37.3 Å². The lowest BCUT2D eigenvalue weighted by atomic mass is 10.0. The molecule has 2 unspecified atom stereocenters. The Balaban J connectivity index is 5.11. The average molecular weight is 1370 g/mol. The molecule has 0 aromatic rings. The molecule has 0 rings (SSSR count). The Morgan fingerprint density at radius 3 is 0.731 bits per heavy atom. The van der Waals surface area contributed by atoms with Gasteiger partial charge in [-0.2, -0.15) is 0 Å². The van der Waals surface area contributed by atoms with E-state index in [4.69, 9.17) is 37.0 Å². The number of carbonyl (C=O) groups excluding carboxylic acids is 4. The predicted molar refractivity (Wildman–Crippen MR) is 377 cm³/mol. The van der Waals surface area contributed by atoms with Crippen LogP contribution in [0.5, 0.6) is 0 Å². The van der Waals surface area contributed by atoms with E-state index >= 15 is 0 Å². The normalized spacial score (nSPS) is 14.0. The monoisotopic (exact) mass is 1370 g/mol. The van der Waals surface area contributed by atoms with Gasteiger partial charge < -0.3 is 33.8 Å². The van der Waals surface area contributed by atoms with Crippen molar-refractivity contribution in [2.45, 2.75) is 406 Å². The zero-order chi connectivity index (χ0) is 68.4. The van der Waals surface area contributed by atoms with Crippen LogP contribution in [0, 0.1) is 5.92 Å². The highest BCUT2D eigenvalue weighted by atomic mass is 31.2. The molecule has 5 atom stereocenters. The quantitative estimate of drug-likeness (QED) is 0.0222. The molecule has 0 aliphatic rings.